The fourth-order valence-electron chi connectivity index (χ4n) is 1.56. The Hall–Kier alpha value is -0.770. The van der Waals surface area contributed by atoms with E-state index >= 15 is 0 Å². The van der Waals surface area contributed by atoms with Crippen molar-refractivity contribution in [2.45, 2.75) is 51.9 Å². The van der Waals surface area contributed by atoms with E-state index in [1.54, 1.807) is 0 Å². The molecule has 0 saturated heterocycles. The van der Waals surface area contributed by atoms with Crippen molar-refractivity contribution in [3.05, 3.63) is 0 Å². The molecule has 0 aliphatic heterocycles. The van der Waals surface area contributed by atoms with E-state index in [0.29, 0.717) is 13.2 Å². The SMILES string of the molecule is CCCCCCCCCNCCOC(N)=O. The number of nitrogens with one attached hydrogen (secondary N) is 1. The monoisotopic (exact) mass is 230 g/mol. The Balaban J connectivity index is 2.90. The van der Waals surface area contributed by atoms with Crippen molar-refractivity contribution in [1.29, 1.82) is 0 Å². The molecule has 0 spiro atoms. The summed E-state index contributed by atoms with van der Waals surface area (Å²) >= 11 is 0. The number of hydrogen-bond donors (Lipinski definition) is 2. The fourth-order valence-corrected chi connectivity index (χ4v) is 1.56. The summed E-state index contributed by atoms with van der Waals surface area (Å²) in [5.41, 5.74) is 4.82. The van der Waals surface area contributed by atoms with Gasteiger partial charge in [0.05, 0.1) is 0 Å². The van der Waals surface area contributed by atoms with Crippen LogP contribution in [0.1, 0.15) is 51.9 Å². The van der Waals surface area contributed by atoms with Gasteiger partial charge in [-0.2, -0.15) is 0 Å². The largest absolute Gasteiger partial charge is 0.448 e. The number of primary amides is 1. The average molecular weight is 230 g/mol. The molecular weight excluding hydrogens is 204 g/mol. The molecule has 1 amide bonds. The topological polar surface area (TPSA) is 64.3 Å². The van der Waals surface area contributed by atoms with Crippen LogP contribution in [0.3, 0.4) is 0 Å². The second kappa shape index (κ2) is 12.3. The minimum Gasteiger partial charge on any atom is -0.448 e. The molecule has 0 atom stereocenters. The van der Waals surface area contributed by atoms with Gasteiger partial charge in [-0.3, -0.25) is 0 Å². The first kappa shape index (κ1) is 15.2. The van der Waals surface area contributed by atoms with Crippen LogP contribution in [0.2, 0.25) is 0 Å². The molecule has 0 radical (unpaired) electrons. The smallest absolute Gasteiger partial charge is 0.404 e. The van der Waals surface area contributed by atoms with Gasteiger partial charge in [0.15, 0.2) is 0 Å². The second-order valence-corrected chi connectivity index (χ2v) is 4.04. The number of unbranched alkanes of at least 4 members (excludes halogenated alkanes) is 6. The van der Waals surface area contributed by atoms with Crippen molar-refractivity contribution >= 4 is 6.09 Å². The van der Waals surface area contributed by atoms with Crippen molar-refractivity contribution in [1.82, 2.24) is 5.32 Å². The van der Waals surface area contributed by atoms with Crippen molar-refractivity contribution in [3.63, 3.8) is 0 Å². The molecule has 4 nitrogen and oxygen atoms in total. The minimum atomic E-state index is -0.697. The van der Waals surface area contributed by atoms with E-state index in [0.717, 1.165) is 6.54 Å². The van der Waals surface area contributed by atoms with Crippen LogP contribution in [0.5, 0.6) is 0 Å². The molecule has 0 saturated carbocycles. The van der Waals surface area contributed by atoms with E-state index in [-0.39, 0.29) is 0 Å². The lowest BCUT2D eigenvalue weighted by atomic mass is 10.1. The minimum absolute atomic E-state index is 0.367. The summed E-state index contributed by atoms with van der Waals surface area (Å²) in [7, 11) is 0. The Kier molecular flexibility index (Phi) is 11.7. The van der Waals surface area contributed by atoms with Gasteiger partial charge in [0.1, 0.15) is 6.61 Å². The van der Waals surface area contributed by atoms with Crippen LogP contribution in [0.15, 0.2) is 0 Å². The number of amides is 1. The summed E-state index contributed by atoms with van der Waals surface area (Å²) in [5.74, 6) is 0. The van der Waals surface area contributed by atoms with Gasteiger partial charge in [-0.25, -0.2) is 4.79 Å². The van der Waals surface area contributed by atoms with Crippen molar-refractivity contribution in [3.8, 4) is 0 Å². The third kappa shape index (κ3) is 13.2. The van der Waals surface area contributed by atoms with E-state index in [9.17, 15) is 4.79 Å². The zero-order valence-corrected chi connectivity index (χ0v) is 10.5. The van der Waals surface area contributed by atoms with Gasteiger partial charge in [-0.1, -0.05) is 45.4 Å². The highest BCUT2D eigenvalue weighted by Gasteiger charge is 1.93. The third-order valence-electron chi connectivity index (χ3n) is 2.48. The molecule has 0 rings (SSSR count). The fraction of sp³-hybridized carbons (Fsp3) is 0.917. The van der Waals surface area contributed by atoms with Gasteiger partial charge in [0.25, 0.3) is 0 Å². The van der Waals surface area contributed by atoms with Crippen LogP contribution < -0.4 is 11.1 Å². The van der Waals surface area contributed by atoms with Gasteiger partial charge < -0.3 is 15.8 Å². The zero-order valence-electron chi connectivity index (χ0n) is 10.5. The highest BCUT2D eigenvalue weighted by atomic mass is 16.5. The van der Waals surface area contributed by atoms with Crippen LogP contribution in [0, 0.1) is 0 Å². The molecular formula is C12H26N2O2. The number of ether oxygens (including phenoxy) is 1. The van der Waals surface area contributed by atoms with Gasteiger partial charge in [0, 0.05) is 6.54 Å². The number of rotatable bonds is 11. The maximum Gasteiger partial charge on any atom is 0.404 e. The maximum atomic E-state index is 10.2. The summed E-state index contributed by atoms with van der Waals surface area (Å²) in [4.78, 5) is 10.2. The van der Waals surface area contributed by atoms with Crippen molar-refractivity contribution < 1.29 is 9.53 Å². The summed E-state index contributed by atoms with van der Waals surface area (Å²) in [6.07, 6.45) is 8.52. The van der Waals surface area contributed by atoms with Gasteiger partial charge >= 0.3 is 6.09 Å². The van der Waals surface area contributed by atoms with Crippen LogP contribution in [-0.2, 0) is 4.74 Å². The average Bonchev–Trinajstić information content (AvgIpc) is 2.25. The molecule has 0 heterocycles. The molecule has 0 aromatic carbocycles. The van der Waals surface area contributed by atoms with Crippen molar-refractivity contribution in [2.75, 3.05) is 19.7 Å². The lowest BCUT2D eigenvalue weighted by Crippen LogP contribution is -2.24. The lowest BCUT2D eigenvalue weighted by molar-refractivity contribution is 0.157. The Morgan fingerprint density at radius 1 is 1.06 bits per heavy atom. The highest BCUT2D eigenvalue weighted by Crippen LogP contribution is 2.05. The molecule has 0 unspecified atom stereocenters. The van der Waals surface area contributed by atoms with Crippen LogP contribution >= 0.6 is 0 Å². The number of carbonyl (C=O) groups excluding carboxylic acids is 1. The predicted molar refractivity (Wildman–Crippen MR) is 66.4 cm³/mol. The third-order valence-corrected chi connectivity index (χ3v) is 2.48. The van der Waals surface area contributed by atoms with E-state index in [2.05, 4.69) is 17.0 Å². The van der Waals surface area contributed by atoms with Crippen LogP contribution in [-0.4, -0.2) is 25.8 Å². The maximum absolute atomic E-state index is 10.2. The predicted octanol–water partition coefficient (Wildman–Crippen LogP) is 2.42. The highest BCUT2D eigenvalue weighted by molar-refractivity contribution is 5.64. The summed E-state index contributed by atoms with van der Waals surface area (Å²) < 4.78 is 4.59. The Labute approximate surface area is 98.9 Å². The number of nitrogens with two attached hydrogens (primary N) is 1. The standard InChI is InChI=1S/C12H26N2O2/c1-2-3-4-5-6-7-8-9-14-10-11-16-12(13)15/h14H,2-11H2,1H3,(H2,13,15). The second-order valence-electron chi connectivity index (χ2n) is 4.04. The van der Waals surface area contributed by atoms with Gasteiger partial charge in [-0.15, -0.1) is 0 Å². The lowest BCUT2D eigenvalue weighted by Gasteiger charge is -2.04. The zero-order chi connectivity index (χ0) is 12.1. The first-order chi connectivity index (χ1) is 7.77. The number of carbonyl (C=O) groups is 1. The molecule has 0 aliphatic carbocycles. The van der Waals surface area contributed by atoms with E-state index in [1.165, 1.54) is 44.9 Å². The molecule has 96 valence electrons. The van der Waals surface area contributed by atoms with E-state index < -0.39 is 6.09 Å². The van der Waals surface area contributed by atoms with Crippen molar-refractivity contribution in [2.24, 2.45) is 5.73 Å². The Morgan fingerprint density at radius 3 is 2.31 bits per heavy atom. The normalized spacial score (nSPS) is 10.3. The summed E-state index contributed by atoms with van der Waals surface area (Å²) in [6, 6.07) is 0. The molecule has 3 N–H and O–H groups in total. The number of hydrogen-bond acceptors (Lipinski definition) is 3. The summed E-state index contributed by atoms with van der Waals surface area (Å²) in [5, 5.41) is 3.21. The Morgan fingerprint density at radius 2 is 1.69 bits per heavy atom. The molecule has 16 heavy (non-hydrogen) atoms. The quantitative estimate of drug-likeness (QED) is 0.536. The van der Waals surface area contributed by atoms with Crippen LogP contribution in [0.25, 0.3) is 0 Å². The first-order valence-corrected chi connectivity index (χ1v) is 6.40. The van der Waals surface area contributed by atoms with Crippen LogP contribution in [0.4, 0.5) is 4.79 Å². The first-order valence-electron chi connectivity index (χ1n) is 6.40. The molecule has 0 bridgehead atoms. The molecule has 0 aliphatic rings. The van der Waals surface area contributed by atoms with Gasteiger partial charge in [-0.05, 0) is 13.0 Å². The molecule has 0 fully saturated rings. The van der Waals surface area contributed by atoms with E-state index in [1.807, 2.05) is 0 Å². The van der Waals surface area contributed by atoms with E-state index in [4.69, 9.17) is 5.73 Å². The molecule has 0 aromatic heterocycles. The molecule has 0 aromatic rings. The van der Waals surface area contributed by atoms with Gasteiger partial charge in [0.2, 0.25) is 0 Å². The summed E-state index contributed by atoms with van der Waals surface area (Å²) in [6.45, 7) is 4.29. The molecule has 4 heteroatoms. The Bertz CT molecular complexity index is 163.